The van der Waals surface area contributed by atoms with Crippen molar-refractivity contribution in [3.63, 3.8) is 0 Å². The summed E-state index contributed by atoms with van der Waals surface area (Å²) in [6, 6.07) is -1.02. The van der Waals surface area contributed by atoms with Crippen molar-refractivity contribution in [2.45, 2.75) is 207 Å². The second-order valence-corrected chi connectivity index (χ2v) is 21.2. The molecule has 1 aliphatic carbocycles. The highest BCUT2D eigenvalue weighted by molar-refractivity contribution is 6.39. The number of aliphatic hydroxyl groups excluding tert-OH is 1. The second kappa shape index (κ2) is 26.8. The van der Waals surface area contributed by atoms with E-state index in [1.54, 1.807) is 28.1 Å². The Hall–Kier alpha value is -3.33. The van der Waals surface area contributed by atoms with Crippen LogP contribution in [0, 0.1) is 35.5 Å². The predicted octanol–water partition coefficient (Wildman–Crippen LogP) is 8.68. The maximum Gasteiger partial charge on any atom is 0.329 e. The molecule has 3 aliphatic heterocycles. The molecule has 4 aliphatic rings. The van der Waals surface area contributed by atoms with Crippen molar-refractivity contribution >= 4 is 29.2 Å². The zero-order valence-corrected chi connectivity index (χ0v) is 43.7. The Bertz CT molecular complexity index is 1820. The van der Waals surface area contributed by atoms with Crippen LogP contribution in [0.5, 0.6) is 0 Å². The largest absolute Gasteiger partial charge is 0.460 e. The van der Waals surface area contributed by atoms with Crippen molar-refractivity contribution in [1.29, 1.82) is 0 Å². The third kappa shape index (κ3) is 15.3. The predicted molar refractivity (Wildman–Crippen MR) is 263 cm³/mol. The van der Waals surface area contributed by atoms with Crippen LogP contribution in [-0.2, 0) is 52.4 Å². The Balaban J connectivity index is 1.75. The minimum Gasteiger partial charge on any atom is -0.460 e. The van der Waals surface area contributed by atoms with Gasteiger partial charge < -0.3 is 38.4 Å². The number of hydrogen-bond donors (Lipinski definition) is 1. The van der Waals surface area contributed by atoms with Gasteiger partial charge >= 0.3 is 5.97 Å². The molecular weight excluding hydrogens is 867 g/mol. The molecule has 1 N–H and O–H groups in total. The number of cyclic esters (lactones) is 1. The van der Waals surface area contributed by atoms with Gasteiger partial charge in [0.1, 0.15) is 35.7 Å². The minimum atomic E-state index is -1.42. The van der Waals surface area contributed by atoms with Crippen molar-refractivity contribution in [2.24, 2.45) is 35.5 Å². The standard InChI is InChI=1S/C55H87NO12/c1-33(2)66-50-39(8)28-36(5)45(58)32-47(37(6)29-41-23-25-44(57)48(30-41)64-12)67-54(62)43-21-17-18-26-56(43)53(61)52(60)55(10)40(9)22-24-42(68-55)31-46(63-11)35(4)20-16-14-15-19-34(3)27-38(7)49(59)51(50)65-13/h14-16,19-20,28,33-34,36-38,40-44,46-48,50-51,57H,17-18,21-27,29-32H2,1-13H3/b16-14+,19-15+,35-20+,39-28+/t34-,36-,37-,38-,40-,41+,42+,43+,44-,46+,47+,48-,50-,51+,55-/m1/s1. The average molecular weight is 954 g/mol. The van der Waals surface area contributed by atoms with Gasteiger partial charge in [0.15, 0.2) is 5.78 Å². The summed E-state index contributed by atoms with van der Waals surface area (Å²) < 4.78 is 36.9. The fourth-order valence-corrected chi connectivity index (χ4v) is 10.8. The first-order valence-corrected chi connectivity index (χ1v) is 25.6. The molecular formula is C55H87NO12. The number of ketones is 3. The summed E-state index contributed by atoms with van der Waals surface area (Å²) in [5.74, 6) is -3.64. The quantitative estimate of drug-likeness (QED) is 0.140. The van der Waals surface area contributed by atoms with Crippen molar-refractivity contribution in [2.75, 3.05) is 27.9 Å². The summed E-state index contributed by atoms with van der Waals surface area (Å²) in [6.45, 7) is 19.2. The van der Waals surface area contributed by atoms with E-state index in [0.29, 0.717) is 69.8 Å². The van der Waals surface area contributed by atoms with Crippen molar-refractivity contribution in [1.82, 2.24) is 4.90 Å². The molecule has 0 unspecified atom stereocenters. The number of esters is 1. The summed E-state index contributed by atoms with van der Waals surface area (Å²) in [6.07, 6.45) is 14.0. The molecule has 68 heavy (non-hydrogen) atoms. The van der Waals surface area contributed by atoms with Gasteiger partial charge in [0.05, 0.1) is 30.5 Å². The van der Waals surface area contributed by atoms with Crippen LogP contribution in [0.3, 0.4) is 0 Å². The molecule has 4 rings (SSSR count). The van der Waals surface area contributed by atoms with Crippen molar-refractivity contribution < 1.29 is 57.5 Å². The molecule has 3 fully saturated rings. The summed E-state index contributed by atoms with van der Waals surface area (Å²) >= 11 is 0. The topological polar surface area (TPSA) is 164 Å². The highest BCUT2D eigenvalue weighted by Gasteiger charge is 2.51. The number of amides is 1. The highest BCUT2D eigenvalue weighted by atomic mass is 16.6. The van der Waals surface area contributed by atoms with Gasteiger partial charge in [-0.05, 0) is 134 Å². The van der Waals surface area contributed by atoms with Gasteiger partial charge in [-0.2, -0.15) is 0 Å². The van der Waals surface area contributed by atoms with E-state index in [2.05, 4.69) is 13.0 Å². The van der Waals surface area contributed by atoms with Crippen LogP contribution in [0.2, 0.25) is 0 Å². The van der Waals surface area contributed by atoms with Gasteiger partial charge in [-0.1, -0.05) is 71.1 Å². The second-order valence-electron chi connectivity index (χ2n) is 21.2. The lowest BCUT2D eigenvalue weighted by Gasteiger charge is -2.44. The molecule has 0 aromatic carbocycles. The number of fused-ring (bicyclic) bond motifs is 3. The minimum absolute atomic E-state index is 0.0775. The summed E-state index contributed by atoms with van der Waals surface area (Å²) in [4.78, 5) is 73.5. The fraction of sp³-hybridized carbons (Fsp3) is 0.764. The SMILES string of the molecule is CO[C@H]1C[C@@H]2CC[C@@H](C)[C@@](C)(O2)C(=O)C(=O)N2CCCC[C@H]2C(=O)O[C@H]([C@H](C)C[C@@H]2CC[C@@H](O)[C@H](OC)C2)CC(=O)[C@H](C)/C=C(\C)[C@@H](OC(C)C)[C@@H](OC)C(=O)[C@H](C)C[C@H](C)/C=C/C=C/C=C/1C. The lowest BCUT2D eigenvalue weighted by molar-refractivity contribution is -0.184. The van der Waals surface area contributed by atoms with Crippen LogP contribution in [0.1, 0.15) is 146 Å². The van der Waals surface area contributed by atoms with Crippen LogP contribution in [0.4, 0.5) is 0 Å². The number of carbonyl (C=O) groups is 5. The monoisotopic (exact) mass is 954 g/mol. The van der Waals surface area contributed by atoms with Crippen LogP contribution < -0.4 is 0 Å². The fourth-order valence-electron chi connectivity index (χ4n) is 10.8. The Morgan fingerprint density at radius 3 is 2.21 bits per heavy atom. The first-order chi connectivity index (χ1) is 32.1. The van der Waals surface area contributed by atoms with E-state index in [0.717, 1.165) is 12.0 Å². The van der Waals surface area contributed by atoms with E-state index in [-0.39, 0.29) is 78.5 Å². The molecule has 2 bridgehead atoms. The molecule has 0 spiro atoms. The summed E-state index contributed by atoms with van der Waals surface area (Å²) in [7, 11) is 4.75. The molecule has 384 valence electrons. The molecule has 3 heterocycles. The Morgan fingerprint density at radius 2 is 1.54 bits per heavy atom. The van der Waals surface area contributed by atoms with Gasteiger partial charge in [0.2, 0.25) is 0 Å². The third-order valence-corrected chi connectivity index (χ3v) is 15.3. The molecule has 15 atom stereocenters. The molecule has 1 saturated carbocycles. The molecule has 2 saturated heterocycles. The normalized spacial score (nSPS) is 39.2. The third-order valence-electron chi connectivity index (χ3n) is 15.3. The zero-order valence-electron chi connectivity index (χ0n) is 43.7. The Labute approximate surface area is 408 Å². The number of nitrogens with zero attached hydrogens (tertiary/aromatic N) is 1. The van der Waals surface area contributed by atoms with Gasteiger partial charge in [-0.3, -0.25) is 19.2 Å². The molecule has 0 aromatic rings. The molecule has 0 aromatic heterocycles. The number of Topliss-reactive ketones (excluding diaryl/α,β-unsaturated/α-hetero) is 3. The maximum atomic E-state index is 14.5. The summed E-state index contributed by atoms with van der Waals surface area (Å²) in [5, 5.41) is 10.5. The lowest BCUT2D eigenvalue weighted by atomic mass is 9.78. The van der Waals surface area contributed by atoms with Gasteiger partial charge in [0, 0.05) is 52.6 Å². The smallest absolute Gasteiger partial charge is 0.329 e. The number of rotatable bonds is 8. The molecule has 1 amide bonds. The van der Waals surface area contributed by atoms with Crippen LogP contribution in [0.15, 0.2) is 47.6 Å². The van der Waals surface area contributed by atoms with E-state index in [9.17, 15) is 29.1 Å². The van der Waals surface area contributed by atoms with E-state index >= 15 is 0 Å². The number of carbonyl (C=O) groups excluding carboxylic acids is 5. The van der Waals surface area contributed by atoms with Crippen molar-refractivity contribution in [3.05, 3.63) is 47.6 Å². The zero-order chi connectivity index (χ0) is 50.5. The van der Waals surface area contributed by atoms with Crippen LogP contribution >= 0.6 is 0 Å². The number of hydrogen-bond acceptors (Lipinski definition) is 12. The molecule has 0 radical (unpaired) electrons. The van der Waals surface area contributed by atoms with Gasteiger partial charge in [-0.15, -0.1) is 0 Å². The first-order valence-electron chi connectivity index (χ1n) is 25.6. The van der Waals surface area contributed by atoms with E-state index in [4.69, 9.17) is 28.4 Å². The number of piperidine rings is 1. The van der Waals surface area contributed by atoms with E-state index in [1.807, 2.05) is 78.8 Å². The summed E-state index contributed by atoms with van der Waals surface area (Å²) in [5.41, 5.74) is 0.231. The number of methoxy groups -OCH3 is 3. The first kappa shape index (κ1) is 57.3. The Morgan fingerprint density at radius 1 is 0.824 bits per heavy atom. The van der Waals surface area contributed by atoms with E-state index in [1.165, 1.54) is 12.0 Å². The van der Waals surface area contributed by atoms with Crippen LogP contribution in [-0.4, -0.2) is 128 Å². The van der Waals surface area contributed by atoms with Crippen LogP contribution in [0.25, 0.3) is 0 Å². The average Bonchev–Trinajstić information content (AvgIpc) is 3.30. The molecule has 13 heteroatoms. The van der Waals surface area contributed by atoms with Gasteiger partial charge in [0.25, 0.3) is 11.7 Å². The van der Waals surface area contributed by atoms with E-state index < -0.39 is 59.6 Å². The number of ether oxygens (including phenoxy) is 6. The molecule has 13 nitrogen and oxygen atoms in total. The number of allylic oxidation sites excluding steroid dienone is 6. The van der Waals surface area contributed by atoms with Crippen molar-refractivity contribution in [3.8, 4) is 0 Å². The Kier molecular flexibility index (Phi) is 22.5. The number of aliphatic hydroxyl groups is 1. The highest BCUT2D eigenvalue weighted by Crippen LogP contribution is 2.39. The van der Waals surface area contributed by atoms with Gasteiger partial charge in [-0.25, -0.2) is 4.79 Å². The maximum absolute atomic E-state index is 14.5. The lowest BCUT2D eigenvalue weighted by Crippen LogP contribution is -2.59.